The van der Waals surface area contributed by atoms with Crippen LogP contribution in [0.15, 0.2) is 47.3 Å². The summed E-state index contributed by atoms with van der Waals surface area (Å²) in [6.45, 7) is 0.390. The van der Waals surface area contributed by atoms with Gasteiger partial charge in [-0.15, -0.1) is 10.2 Å². The van der Waals surface area contributed by atoms with Gasteiger partial charge in [-0.3, -0.25) is 9.59 Å². The van der Waals surface area contributed by atoms with Gasteiger partial charge in [0, 0.05) is 25.2 Å². The van der Waals surface area contributed by atoms with Crippen LogP contribution in [0.4, 0.5) is 0 Å². The third kappa shape index (κ3) is 3.31. The normalized spacial score (nSPS) is 10.5. The second-order valence-corrected chi connectivity index (χ2v) is 5.03. The van der Waals surface area contributed by atoms with Gasteiger partial charge in [-0.25, -0.2) is 0 Å². The summed E-state index contributed by atoms with van der Waals surface area (Å²) in [5.74, 6) is 0.237. The minimum Gasteiger partial charge on any atom is -0.336 e. The van der Waals surface area contributed by atoms with Crippen LogP contribution in [0.1, 0.15) is 16.1 Å². The fourth-order valence-electron chi connectivity index (χ4n) is 2.22. The molecule has 0 saturated carbocycles. The molecule has 0 radical (unpaired) electrons. The molecule has 8 heteroatoms. The molecule has 0 aliphatic heterocycles. The largest absolute Gasteiger partial charge is 0.336 e. The van der Waals surface area contributed by atoms with Gasteiger partial charge in [0.1, 0.15) is 5.69 Å². The molecule has 1 amide bonds. The van der Waals surface area contributed by atoms with Crippen molar-refractivity contribution in [3.8, 4) is 11.4 Å². The smallest absolute Gasteiger partial charge is 0.270 e. The molecule has 0 aliphatic carbocycles. The van der Waals surface area contributed by atoms with Crippen molar-refractivity contribution >= 4 is 5.91 Å². The van der Waals surface area contributed by atoms with Crippen LogP contribution in [0, 0.1) is 0 Å². The van der Waals surface area contributed by atoms with Crippen LogP contribution < -0.4 is 5.56 Å². The average molecular weight is 310 g/mol. The lowest BCUT2D eigenvalue weighted by atomic mass is 10.1. The highest BCUT2D eigenvalue weighted by Crippen LogP contribution is 2.16. The summed E-state index contributed by atoms with van der Waals surface area (Å²) in [7, 11) is 1.68. The first-order chi connectivity index (χ1) is 11.1. The maximum atomic E-state index is 12.3. The molecule has 0 saturated heterocycles. The Balaban J connectivity index is 1.78. The van der Waals surface area contributed by atoms with E-state index in [-0.39, 0.29) is 17.2 Å². The Bertz CT molecular complexity index is 871. The Hall–Kier alpha value is -3.29. The molecule has 23 heavy (non-hydrogen) atoms. The molecule has 0 aliphatic rings. The minimum absolute atomic E-state index is 0.257. The monoisotopic (exact) mass is 310 g/mol. The van der Waals surface area contributed by atoms with E-state index in [1.54, 1.807) is 19.2 Å². The van der Waals surface area contributed by atoms with E-state index in [4.69, 9.17) is 0 Å². The molecule has 0 bridgehead atoms. The van der Waals surface area contributed by atoms with Crippen molar-refractivity contribution < 1.29 is 4.79 Å². The Labute approximate surface area is 131 Å². The number of aromatic nitrogens is 5. The van der Waals surface area contributed by atoms with Crippen LogP contribution in [0.25, 0.3) is 11.4 Å². The number of H-pyrrole nitrogens is 2. The predicted octanol–water partition coefficient (Wildman–Crippen LogP) is 0.827. The van der Waals surface area contributed by atoms with Crippen molar-refractivity contribution in [3.05, 3.63) is 64.1 Å². The molecule has 1 aromatic carbocycles. The quantitative estimate of drug-likeness (QED) is 0.742. The van der Waals surface area contributed by atoms with E-state index in [1.165, 1.54) is 11.0 Å². The van der Waals surface area contributed by atoms with Gasteiger partial charge in [0.25, 0.3) is 5.91 Å². The first kappa shape index (κ1) is 14.6. The lowest BCUT2D eigenvalue weighted by molar-refractivity contribution is 0.0779. The van der Waals surface area contributed by atoms with Gasteiger partial charge in [-0.1, -0.05) is 24.3 Å². The Kier molecular flexibility index (Phi) is 3.96. The second-order valence-electron chi connectivity index (χ2n) is 5.03. The zero-order chi connectivity index (χ0) is 16.2. The van der Waals surface area contributed by atoms with Gasteiger partial charge in [-0.05, 0) is 22.9 Å². The van der Waals surface area contributed by atoms with E-state index in [0.717, 1.165) is 11.1 Å². The number of carbonyl (C=O) groups excluding carboxylic acids is 1. The number of nitrogens with zero attached hydrogens (tertiary/aromatic N) is 4. The molecule has 0 atom stereocenters. The van der Waals surface area contributed by atoms with E-state index < -0.39 is 0 Å². The van der Waals surface area contributed by atoms with Crippen molar-refractivity contribution in [3.63, 3.8) is 0 Å². The summed E-state index contributed by atoms with van der Waals surface area (Å²) in [4.78, 5) is 27.7. The molecule has 8 nitrogen and oxygen atoms in total. The van der Waals surface area contributed by atoms with Crippen molar-refractivity contribution in [1.82, 2.24) is 30.5 Å². The number of tetrazole rings is 1. The molecule has 2 N–H and O–H groups in total. The number of hydrogen-bond donors (Lipinski definition) is 2. The molecule has 116 valence electrons. The molecule has 3 rings (SSSR count). The highest BCUT2D eigenvalue weighted by molar-refractivity contribution is 5.92. The number of aromatic amines is 2. The molecule has 2 aromatic heterocycles. The number of nitrogens with one attached hydrogen (secondary N) is 2. The van der Waals surface area contributed by atoms with Gasteiger partial charge in [0.2, 0.25) is 11.4 Å². The van der Waals surface area contributed by atoms with Crippen LogP contribution in [-0.4, -0.2) is 43.5 Å². The zero-order valence-corrected chi connectivity index (χ0v) is 12.4. The van der Waals surface area contributed by atoms with E-state index in [0.29, 0.717) is 12.4 Å². The fraction of sp³-hybridized carbons (Fsp3) is 0.133. The zero-order valence-electron chi connectivity index (χ0n) is 12.4. The summed E-state index contributed by atoms with van der Waals surface area (Å²) < 4.78 is 0. The van der Waals surface area contributed by atoms with Crippen molar-refractivity contribution in [2.24, 2.45) is 0 Å². The number of rotatable bonds is 4. The van der Waals surface area contributed by atoms with Crippen LogP contribution in [0.2, 0.25) is 0 Å². The maximum absolute atomic E-state index is 12.3. The Morgan fingerprint density at radius 1 is 1.22 bits per heavy atom. The number of hydrogen-bond acceptors (Lipinski definition) is 5. The number of benzene rings is 1. The van der Waals surface area contributed by atoms with Gasteiger partial charge in [-0.2, -0.15) is 5.21 Å². The van der Waals surface area contributed by atoms with Crippen LogP contribution in [0.3, 0.4) is 0 Å². The first-order valence-electron chi connectivity index (χ1n) is 6.91. The molecule has 0 fully saturated rings. The van der Waals surface area contributed by atoms with Crippen LogP contribution in [-0.2, 0) is 6.54 Å². The van der Waals surface area contributed by atoms with Gasteiger partial charge >= 0.3 is 0 Å². The number of amides is 1. The lowest BCUT2D eigenvalue weighted by Crippen LogP contribution is -2.28. The predicted molar refractivity (Wildman–Crippen MR) is 82.5 cm³/mol. The summed E-state index contributed by atoms with van der Waals surface area (Å²) in [6, 6.07) is 12.0. The molecular weight excluding hydrogens is 296 g/mol. The highest BCUT2D eigenvalue weighted by Gasteiger charge is 2.13. The standard InChI is InChI=1S/C15H14N6O2/c1-21(15(23)12-6-3-7-13(22)16-12)9-10-4-2-5-11(8-10)14-17-19-20-18-14/h2-8H,9H2,1H3,(H,16,22)(H,17,18,19,20). The highest BCUT2D eigenvalue weighted by atomic mass is 16.2. The molecule has 0 spiro atoms. The first-order valence-corrected chi connectivity index (χ1v) is 6.91. The molecule has 3 aromatic rings. The average Bonchev–Trinajstić information content (AvgIpc) is 3.09. The summed E-state index contributed by atoms with van der Waals surface area (Å²) in [5, 5.41) is 13.8. The number of carbonyl (C=O) groups is 1. The summed E-state index contributed by atoms with van der Waals surface area (Å²) >= 11 is 0. The third-order valence-corrected chi connectivity index (χ3v) is 3.30. The fourth-order valence-corrected chi connectivity index (χ4v) is 2.22. The maximum Gasteiger partial charge on any atom is 0.270 e. The van der Waals surface area contributed by atoms with Crippen molar-refractivity contribution in [2.45, 2.75) is 6.54 Å². The van der Waals surface area contributed by atoms with E-state index in [2.05, 4.69) is 25.6 Å². The second kappa shape index (κ2) is 6.22. The Morgan fingerprint density at radius 2 is 2.04 bits per heavy atom. The van der Waals surface area contributed by atoms with Crippen LogP contribution in [0.5, 0.6) is 0 Å². The summed E-state index contributed by atoms with van der Waals surface area (Å²) in [6.07, 6.45) is 0. The van der Waals surface area contributed by atoms with Crippen LogP contribution >= 0.6 is 0 Å². The van der Waals surface area contributed by atoms with E-state index in [1.807, 2.05) is 24.3 Å². The molecule has 2 heterocycles. The molecular formula is C15H14N6O2. The minimum atomic E-state index is -0.302. The number of pyridine rings is 1. The topological polar surface area (TPSA) is 108 Å². The van der Waals surface area contributed by atoms with Crippen molar-refractivity contribution in [1.29, 1.82) is 0 Å². The Morgan fingerprint density at radius 3 is 2.78 bits per heavy atom. The van der Waals surface area contributed by atoms with Gasteiger partial charge in [0.05, 0.1) is 0 Å². The summed E-state index contributed by atoms with van der Waals surface area (Å²) in [5.41, 5.74) is 1.68. The van der Waals surface area contributed by atoms with Crippen molar-refractivity contribution in [2.75, 3.05) is 7.05 Å². The van der Waals surface area contributed by atoms with Gasteiger partial charge < -0.3 is 9.88 Å². The van der Waals surface area contributed by atoms with Gasteiger partial charge in [0.15, 0.2) is 0 Å². The van der Waals surface area contributed by atoms with E-state index in [9.17, 15) is 9.59 Å². The third-order valence-electron chi connectivity index (χ3n) is 3.30. The SMILES string of the molecule is CN(Cc1cccc(-c2nn[nH]n2)c1)C(=O)c1cccc(=O)[nH]1. The van der Waals surface area contributed by atoms with E-state index >= 15 is 0 Å². The molecule has 0 unspecified atom stereocenters. The lowest BCUT2D eigenvalue weighted by Gasteiger charge is -2.17.